The third-order valence-corrected chi connectivity index (χ3v) is 4.12. The molecule has 1 unspecified atom stereocenters. The molecule has 1 atom stereocenters. The highest BCUT2D eigenvalue weighted by Crippen LogP contribution is 2.29. The van der Waals surface area contributed by atoms with Gasteiger partial charge in [-0.3, -0.25) is 0 Å². The summed E-state index contributed by atoms with van der Waals surface area (Å²) in [6, 6.07) is 9.73. The summed E-state index contributed by atoms with van der Waals surface area (Å²) in [6.45, 7) is 4.92. The Kier molecular flexibility index (Phi) is 4.98. The molecule has 0 saturated carbocycles. The zero-order chi connectivity index (χ0) is 14.5. The first-order chi connectivity index (χ1) is 9.56. The van der Waals surface area contributed by atoms with Crippen LogP contribution in [0.4, 0.5) is 4.79 Å². The molecule has 1 heterocycles. The van der Waals surface area contributed by atoms with Gasteiger partial charge in [0.2, 0.25) is 0 Å². The second-order valence-electron chi connectivity index (χ2n) is 5.19. The summed E-state index contributed by atoms with van der Waals surface area (Å²) in [7, 11) is 0. The van der Waals surface area contributed by atoms with E-state index in [1.54, 1.807) is 11.3 Å². The lowest BCUT2D eigenvalue weighted by Gasteiger charge is -2.12. The second-order valence-corrected chi connectivity index (χ2v) is 6.30. The Hall–Kier alpha value is -1.59. The zero-order valence-corrected chi connectivity index (χ0v) is 12.5. The maximum atomic E-state index is 11.5. The smallest absolute Gasteiger partial charge is 0.314 e. The number of aliphatic hydroxyl groups excluding tert-OH is 1. The predicted octanol–water partition coefficient (Wildman–Crippen LogP) is 2.89. The first-order valence-electron chi connectivity index (χ1n) is 6.74. The molecule has 2 aromatic rings. The molecule has 1 aromatic carbocycles. The van der Waals surface area contributed by atoms with Gasteiger partial charge < -0.3 is 15.7 Å². The highest BCUT2D eigenvalue weighted by molar-refractivity contribution is 7.19. The lowest BCUT2D eigenvalue weighted by Crippen LogP contribution is -2.39. The first-order valence-corrected chi connectivity index (χ1v) is 7.56. The van der Waals surface area contributed by atoms with Gasteiger partial charge in [0.25, 0.3) is 0 Å². The topological polar surface area (TPSA) is 61.4 Å². The third kappa shape index (κ3) is 3.95. The van der Waals surface area contributed by atoms with Gasteiger partial charge in [0.15, 0.2) is 0 Å². The normalized spacial score (nSPS) is 12.6. The number of rotatable bonds is 5. The molecular formula is C15H20N2O2S. The second kappa shape index (κ2) is 6.72. The van der Waals surface area contributed by atoms with E-state index >= 15 is 0 Å². The van der Waals surface area contributed by atoms with Crippen LogP contribution in [0, 0.1) is 5.92 Å². The first kappa shape index (κ1) is 14.8. The Bertz CT molecular complexity index is 547. The lowest BCUT2D eigenvalue weighted by molar-refractivity contribution is 0.176. The summed E-state index contributed by atoms with van der Waals surface area (Å²) in [6.07, 6.45) is -0.669. The minimum absolute atomic E-state index is 0.219. The van der Waals surface area contributed by atoms with Crippen molar-refractivity contribution in [3.05, 3.63) is 35.2 Å². The van der Waals surface area contributed by atoms with E-state index in [9.17, 15) is 9.90 Å². The largest absolute Gasteiger partial charge is 0.386 e. The molecule has 5 heteroatoms. The molecule has 0 spiro atoms. The SMILES string of the molecule is CC(C)CNC(=O)NCC(O)c1cc2ccccc2s1. The maximum Gasteiger partial charge on any atom is 0.314 e. The van der Waals surface area contributed by atoms with Gasteiger partial charge in [0.05, 0.1) is 6.54 Å². The van der Waals surface area contributed by atoms with Crippen LogP contribution in [-0.2, 0) is 0 Å². The minimum atomic E-state index is -0.669. The van der Waals surface area contributed by atoms with E-state index in [0.717, 1.165) is 15.0 Å². The number of urea groups is 1. The van der Waals surface area contributed by atoms with Crippen molar-refractivity contribution in [2.45, 2.75) is 20.0 Å². The number of nitrogens with one attached hydrogen (secondary N) is 2. The number of amides is 2. The van der Waals surface area contributed by atoms with Gasteiger partial charge in [-0.2, -0.15) is 0 Å². The molecule has 2 rings (SSSR count). The fourth-order valence-electron chi connectivity index (χ4n) is 1.82. The van der Waals surface area contributed by atoms with E-state index in [-0.39, 0.29) is 12.6 Å². The summed E-state index contributed by atoms with van der Waals surface area (Å²) in [5.41, 5.74) is 0. The molecule has 0 aliphatic carbocycles. The fourth-order valence-corrected chi connectivity index (χ4v) is 2.87. The number of fused-ring (bicyclic) bond motifs is 1. The van der Waals surface area contributed by atoms with Gasteiger partial charge in [0.1, 0.15) is 6.10 Å². The fraction of sp³-hybridized carbons (Fsp3) is 0.400. The zero-order valence-electron chi connectivity index (χ0n) is 11.7. The molecule has 4 nitrogen and oxygen atoms in total. The molecule has 108 valence electrons. The Morgan fingerprint density at radius 1 is 1.25 bits per heavy atom. The van der Waals surface area contributed by atoms with Crippen molar-refractivity contribution in [3.63, 3.8) is 0 Å². The van der Waals surface area contributed by atoms with Crippen molar-refractivity contribution < 1.29 is 9.90 Å². The van der Waals surface area contributed by atoms with Crippen molar-refractivity contribution in [1.29, 1.82) is 0 Å². The number of benzene rings is 1. The molecule has 3 N–H and O–H groups in total. The number of carbonyl (C=O) groups excluding carboxylic acids is 1. The van der Waals surface area contributed by atoms with Crippen LogP contribution in [0.3, 0.4) is 0 Å². The highest BCUT2D eigenvalue weighted by atomic mass is 32.1. The quantitative estimate of drug-likeness (QED) is 0.793. The van der Waals surface area contributed by atoms with Crippen LogP contribution in [0.5, 0.6) is 0 Å². The molecule has 1 aromatic heterocycles. The summed E-state index contributed by atoms with van der Waals surface area (Å²) in [5.74, 6) is 0.410. The highest BCUT2D eigenvalue weighted by Gasteiger charge is 2.12. The van der Waals surface area contributed by atoms with Crippen LogP contribution in [0.15, 0.2) is 30.3 Å². The Morgan fingerprint density at radius 2 is 1.95 bits per heavy atom. The van der Waals surface area contributed by atoms with E-state index < -0.39 is 6.10 Å². The summed E-state index contributed by atoms with van der Waals surface area (Å²) < 4.78 is 1.14. The van der Waals surface area contributed by atoms with E-state index in [1.165, 1.54) is 0 Å². The Balaban J connectivity index is 1.88. The molecule has 0 aliphatic heterocycles. The van der Waals surface area contributed by atoms with E-state index in [1.807, 2.05) is 44.2 Å². The van der Waals surface area contributed by atoms with Crippen molar-refractivity contribution >= 4 is 27.5 Å². The number of thiophene rings is 1. The van der Waals surface area contributed by atoms with E-state index in [4.69, 9.17) is 0 Å². The van der Waals surface area contributed by atoms with Crippen LogP contribution in [0.25, 0.3) is 10.1 Å². The van der Waals surface area contributed by atoms with Gasteiger partial charge in [-0.15, -0.1) is 11.3 Å². The average Bonchev–Trinajstić information content (AvgIpc) is 2.86. The third-order valence-electron chi connectivity index (χ3n) is 2.90. The van der Waals surface area contributed by atoms with Gasteiger partial charge in [-0.1, -0.05) is 32.0 Å². The lowest BCUT2D eigenvalue weighted by atomic mass is 10.2. The molecule has 0 bridgehead atoms. The average molecular weight is 292 g/mol. The van der Waals surface area contributed by atoms with E-state index in [2.05, 4.69) is 10.6 Å². The van der Waals surface area contributed by atoms with Gasteiger partial charge in [0, 0.05) is 16.1 Å². The summed E-state index contributed by atoms with van der Waals surface area (Å²) in [5, 5.41) is 16.7. The van der Waals surface area contributed by atoms with Crippen molar-refractivity contribution in [3.8, 4) is 0 Å². The molecule has 0 saturated heterocycles. The number of carbonyl (C=O) groups is 1. The molecule has 20 heavy (non-hydrogen) atoms. The van der Waals surface area contributed by atoms with Gasteiger partial charge in [-0.25, -0.2) is 4.79 Å². The number of hydrogen-bond donors (Lipinski definition) is 3. The summed E-state index contributed by atoms with van der Waals surface area (Å²) >= 11 is 1.55. The molecule has 0 aliphatic rings. The summed E-state index contributed by atoms with van der Waals surface area (Å²) in [4.78, 5) is 12.4. The standard InChI is InChI=1S/C15H20N2O2S/c1-10(2)8-16-15(19)17-9-12(18)14-7-11-5-3-4-6-13(11)20-14/h3-7,10,12,18H,8-9H2,1-2H3,(H2,16,17,19). The van der Waals surface area contributed by atoms with Crippen LogP contribution < -0.4 is 10.6 Å². The molecule has 0 fully saturated rings. The predicted molar refractivity (Wildman–Crippen MR) is 83.0 cm³/mol. The van der Waals surface area contributed by atoms with Gasteiger partial charge in [-0.05, 0) is 23.4 Å². The Labute approximate surface area is 122 Å². The van der Waals surface area contributed by atoms with E-state index in [0.29, 0.717) is 12.5 Å². The van der Waals surface area contributed by atoms with Crippen LogP contribution in [0.2, 0.25) is 0 Å². The van der Waals surface area contributed by atoms with Crippen LogP contribution >= 0.6 is 11.3 Å². The minimum Gasteiger partial charge on any atom is -0.386 e. The Morgan fingerprint density at radius 3 is 2.65 bits per heavy atom. The van der Waals surface area contributed by atoms with Gasteiger partial charge >= 0.3 is 6.03 Å². The molecule has 0 radical (unpaired) electrons. The monoisotopic (exact) mass is 292 g/mol. The van der Waals surface area contributed by atoms with Crippen LogP contribution in [-0.4, -0.2) is 24.2 Å². The molecular weight excluding hydrogens is 272 g/mol. The van der Waals surface area contributed by atoms with Crippen LogP contribution in [0.1, 0.15) is 24.8 Å². The van der Waals surface area contributed by atoms with Crippen molar-refractivity contribution in [2.24, 2.45) is 5.92 Å². The number of hydrogen-bond acceptors (Lipinski definition) is 3. The van der Waals surface area contributed by atoms with Crippen molar-refractivity contribution in [1.82, 2.24) is 10.6 Å². The molecule has 2 amide bonds. The number of aliphatic hydroxyl groups is 1. The maximum absolute atomic E-state index is 11.5. The van der Waals surface area contributed by atoms with Crippen molar-refractivity contribution in [2.75, 3.05) is 13.1 Å².